The van der Waals surface area contributed by atoms with Crippen molar-refractivity contribution in [3.63, 3.8) is 0 Å². The minimum absolute atomic E-state index is 0.359. The molecule has 4 heterocycles. The molecule has 1 amide bonds. The van der Waals surface area contributed by atoms with Crippen LogP contribution in [0.25, 0.3) is 16.7 Å². The van der Waals surface area contributed by atoms with Gasteiger partial charge in [0.05, 0.1) is 16.6 Å². The van der Waals surface area contributed by atoms with Gasteiger partial charge in [0, 0.05) is 26.2 Å². The van der Waals surface area contributed by atoms with Crippen LogP contribution < -0.4 is 16.0 Å². The number of aromatic nitrogens is 2. The molecular formula is C21H23N5O. The fourth-order valence-corrected chi connectivity index (χ4v) is 5.56. The predicted octanol–water partition coefficient (Wildman–Crippen LogP) is 1.73. The van der Waals surface area contributed by atoms with Gasteiger partial charge in [-0.3, -0.25) is 9.20 Å². The van der Waals surface area contributed by atoms with E-state index in [1.54, 1.807) is 0 Å². The molecule has 0 bridgehead atoms. The zero-order valence-corrected chi connectivity index (χ0v) is 15.2. The lowest BCUT2D eigenvalue weighted by molar-refractivity contribution is 0.100. The van der Waals surface area contributed by atoms with Crippen LogP contribution in [0.2, 0.25) is 0 Å². The first kappa shape index (κ1) is 15.5. The van der Waals surface area contributed by atoms with Crippen LogP contribution in [-0.2, 0) is 12.8 Å². The molecule has 2 saturated heterocycles. The van der Waals surface area contributed by atoms with Crippen LogP contribution in [0.5, 0.6) is 0 Å². The number of carbonyl (C=O) groups is 1. The summed E-state index contributed by atoms with van der Waals surface area (Å²) >= 11 is 0. The van der Waals surface area contributed by atoms with E-state index in [0.29, 0.717) is 17.4 Å². The second-order valence-corrected chi connectivity index (χ2v) is 8.22. The molecule has 0 saturated carbocycles. The highest BCUT2D eigenvalue weighted by atomic mass is 16.1. The summed E-state index contributed by atoms with van der Waals surface area (Å²) in [5.74, 6) is 2.32. The molecule has 6 nitrogen and oxygen atoms in total. The Kier molecular flexibility index (Phi) is 3.12. The van der Waals surface area contributed by atoms with Gasteiger partial charge in [0.25, 0.3) is 5.91 Å². The van der Waals surface area contributed by atoms with Crippen molar-refractivity contribution in [3.8, 4) is 0 Å². The summed E-state index contributed by atoms with van der Waals surface area (Å²) in [6.45, 7) is 4.36. The fraction of sp³-hybridized carbons (Fsp3) is 0.429. The highest BCUT2D eigenvalue weighted by molar-refractivity contribution is 6.03. The average molecular weight is 361 g/mol. The van der Waals surface area contributed by atoms with Crippen molar-refractivity contribution in [3.05, 3.63) is 41.0 Å². The number of anilines is 1. The van der Waals surface area contributed by atoms with E-state index in [-0.39, 0.29) is 5.91 Å². The van der Waals surface area contributed by atoms with Gasteiger partial charge in [-0.1, -0.05) is 12.1 Å². The second-order valence-electron chi connectivity index (χ2n) is 8.22. The third-order valence-electron chi connectivity index (χ3n) is 6.72. The van der Waals surface area contributed by atoms with Crippen molar-refractivity contribution in [1.82, 2.24) is 14.7 Å². The molecule has 0 unspecified atom stereocenters. The van der Waals surface area contributed by atoms with Crippen molar-refractivity contribution in [2.75, 3.05) is 31.1 Å². The van der Waals surface area contributed by atoms with E-state index in [4.69, 9.17) is 10.7 Å². The number of amides is 1. The van der Waals surface area contributed by atoms with Crippen molar-refractivity contribution in [2.45, 2.75) is 19.3 Å². The Balaban J connectivity index is 1.69. The molecule has 2 aromatic heterocycles. The number of benzene rings is 1. The Morgan fingerprint density at radius 2 is 1.85 bits per heavy atom. The Labute approximate surface area is 157 Å². The van der Waals surface area contributed by atoms with E-state index in [1.807, 2.05) is 18.2 Å². The topological polar surface area (TPSA) is 75.7 Å². The molecule has 6 heteroatoms. The third-order valence-corrected chi connectivity index (χ3v) is 6.72. The molecule has 138 valence electrons. The van der Waals surface area contributed by atoms with Gasteiger partial charge in [0.1, 0.15) is 5.82 Å². The number of nitrogens with zero attached hydrogens (tertiary/aromatic N) is 3. The van der Waals surface area contributed by atoms with Crippen LogP contribution in [0, 0.1) is 11.8 Å². The lowest BCUT2D eigenvalue weighted by Gasteiger charge is -2.26. The van der Waals surface area contributed by atoms with Gasteiger partial charge in [0.2, 0.25) is 0 Å². The minimum atomic E-state index is -0.359. The Bertz CT molecular complexity index is 1090. The van der Waals surface area contributed by atoms with E-state index in [0.717, 1.165) is 67.7 Å². The molecule has 3 aromatic rings. The minimum Gasteiger partial charge on any atom is -0.365 e. The number of imidazole rings is 1. The molecule has 27 heavy (non-hydrogen) atoms. The lowest BCUT2D eigenvalue weighted by atomic mass is 10.0. The molecule has 1 aliphatic carbocycles. The van der Waals surface area contributed by atoms with Gasteiger partial charge in [0.15, 0.2) is 5.65 Å². The van der Waals surface area contributed by atoms with Gasteiger partial charge >= 0.3 is 0 Å². The Morgan fingerprint density at radius 3 is 2.63 bits per heavy atom. The number of carbonyl (C=O) groups excluding carboxylic acids is 1. The van der Waals surface area contributed by atoms with Gasteiger partial charge in [-0.25, -0.2) is 4.98 Å². The number of primary amides is 1. The summed E-state index contributed by atoms with van der Waals surface area (Å²) in [6, 6.07) is 8.16. The number of hydrogen-bond donors (Lipinski definition) is 2. The van der Waals surface area contributed by atoms with Crippen LogP contribution in [0.15, 0.2) is 24.3 Å². The van der Waals surface area contributed by atoms with Gasteiger partial charge < -0.3 is 16.0 Å². The first-order valence-electron chi connectivity index (χ1n) is 9.92. The summed E-state index contributed by atoms with van der Waals surface area (Å²) in [4.78, 5) is 19.8. The molecule has 0 spiro atoms. The molecule has 1 aromatic carbocycles. The van der Waals surface area contributed by atoms with Crippen molar-refractivity contribution in [1.29, 1.82) is 0 Å². The third kappa shape index (κ3) is 2.04. The van der Waals surface area contributed by atoms with E-state index in [9.17, 15) is 4.79 Å². The fourth-order valence-electron chi connectivity index (χ4n) is 5.56. The van der Waals surface area contributed by atoms with E-state index >= 15 is 0 Å². The zero-order chi connectivity index (χ0) is 18.1. The maximum atomic E-state index is 12.4. The van der Waals surface area contributed by atoms with Crippen LogP contribution in [0.3, 0.4) is 0 Å². The highest BCUT2D eigenvalue weighted by Crippen LogP contribution is 2.41. The first-order valence-corrected chi connectivity index (χ1v) is 9.92. The molecule has 3 aliphatic rings. The SMILES string of the molecule is NC(=O)c1c2c(c(N3C[C@H]4CNC[C@@H]4C3)n3c1nc1ccccc13)CCC2. The highest BCUT2D eigenvalue weighted by Gasteiger charge is 2.39. The number of hydrogen-bond acceptors (Lipinski definition) is 4. The average Bonchev–Trinajstić information content (AvgIpc) is 3.40. The van der Waals surface area contributed by atoms with Crippen LogP contribution in [0.4, 0.5) is 5.82 Å². The largest absolute Gasteiger partial charge is 0.365 e. The number of fused-ring (bicyclic) bond motifs is 5. The normalized spacial score (nSPS) is 24.1. The molecule has 6 rings (SSSR count). The van der Waals surface area contributed by atoms with Crippen molar-refractivity contribution >= 4 is 28.4 Å². The molecule has 2 aliphatic heterocycles. The van der Waals surface area contributed by atoms with Crippen molar-refractivity contribution in [2.24, 2.45) is 17.6 Å². The number of nitrogens with one attached hydrogen (secondary N) is 1. The van der Waals surface area contributed by atoms with E-state index < -0.39 is 0 Å². The summed E-state index contributed by atoms with van der Waals surface area (Å²) in [6.07, 6.45) is 3.01. The summed E-state index contributed by atoms with van der Waals surface area (Å²) in [5, 5.41) is 3.53. The Hall–Kier alpha value is -2.60. The molecule has 2 atom stereocenters. The number of pyridine rings is 1. The zero-order valence-electron chi connectivity index (χ0n) is 15.2. The first-order chi connectivity index (χ1) is 13.2. The standard InChI is InChI=1S/C21H23N5O/c22-19(27)18-14-4-3-5-15(14)21(25-10-12-8-23-9-13(12)11-25)26-17-7-2-1-6-16(17)24-20(18)26/h1-2,6-7,12-13,23H,3-5,8-11H2,(H2,22,27)/t12-,13-/m1/s1. The number of rotatable bonds is 2. The predicted molar refractivity (Wildman–Crippen MR) is 105 cm³/mol. The number of para-hydroxylation sites is 2. The van der Waals surface area contributed by atoms with Gasteiger partial charge in [-0.2, -0.15) is 0 Å². The van der Waals surface area contributed by atoms with E-state index in [1.165, 1.54) is 11.4 Å². The van der Waals surface area contributed by atoms with Gasteiger partial charge in [-0.05, 0) is 54.4 Å². The molecule has 2 fully saturated rings. The van der Waals surface area contributed by atoms with Gasteiger partial charge in [-0.15, -0.1) is 0 Å². The summed E-state index contributed by atoms with van der Waals surface area (Å²) in [7, 11) is 0. The summed E-state index contributed by atoms with van der Waals surface area (Å²) in [5.41, 5.74) is 11.6. The lowest BCUT2D eigenvalue weighted by Crippen LogP contribution is -2.29. The molecule has 3 N–H and O–H groups in total. The maximum Gasteiger partial charge on any atom is 0.252 e. The summed E-state index contributed by atoms with van der Waals surface area (Å²) < 4.78 is 2.22. The molecule has 0 radical (unpaired) electrons. The number of nitrogens with two attached hydrogens (primary N) is 1. The molecular weight excluding hydrogens is 338 g/mol. The second kappa shape index (κ2) is 5.45. The van der Waals surface area contributed by atoms with E-state index in [2.05, 4.69) is 20.7 Å². The Morgan fingerprint density at radius 1 is 1.11 bits per heavy atom. The monoisotopic (exact) mass is 361 g/mol. The quantitative estimate of drug-likeness (QED) is 0.729. The smallest absolute Gasteiger partial charge is 0.252 e. The van der Waals surface area contributed by atoms with Crippen LogP contribution >= 0.6 is 0 Å². The maximum absolute atomic E-state index is 12.4. The van der Waals surface area contributed by atoms with Crippen LogP contribution in [-0.4, -0.2) is 41.5 Å². The van der Waals surface area contributed by atoms with Crippen LogP contribution in [0.1, 0.15) is 27.9 Å². The van der Waals surface area contributed by atoms with Crippen molar-refractivity contribution < 1.29 is 4.79 Å².